The maximum atomic E-state index is 5.21. The van der Waals surface area contributed by atoms with Crippen LogP contribution < -0.4 is 4.90 Å². The number of hydrogen-bond acceptors (Lipinski definition) is 2. The number of hydrogen-bond donors (Lipinski definition) is 0. The van der Waals surface area contributed by atoms with Crippen molar-refractivity contribution in [2.24, 2.45) is 0 Å². The second-order valence-corrected chi connectivity index (χ2v) is 12.8. The number of rotatable bonds is 2. The van der Waals surface area contributed by atoms with Gasteiger partial charge in [0, 0.05) is 27.1 Å². The van der Waals surface area contributed by atoms with Crippen LogP contribution in [-0.4, -0.2) is 9.55 Å². The summed E-state index contributed by atoms with van der Waals surface area (Å²) >= 11 is 0. The average molecular weight is 576 g/mol. The SMILES string of the molecule is CC1(C)c2ccccc2-c2cc3c(cc21)N(c1ccc(-n2c4ccccc4c4ccccc42)cn1)c1cccc2cccc-3c12. The molecule has 2 aliphatic rings. The van der Waals surface area contributed by atoms with Crippen LogP contribution in [0.4, 0.5) is 17.2 Å². The highest BCUT2D eigenvalue weighted by molar-refractivity contribution is 6.14. The van der Waals surface area contributed by atoms with Crippen molar-refractivity contribution in [3.63, 3.8) is 0 Å². The van der Waals surface area contributed by atoms with Crippen molar-refractivity contribution in [1.82, 2.24) is 9.55 Å². The van der Waals surface area contributed by atoms with E-state index in [1.165, 1.54) is 77.3 Å². The maximum Gasteiger partial charge on any atom is 0.137 e. The van der Waals surface area contributed by atoms with Crippen molar-refractivity contribution in [3.05, 3.63) is 151 Å². The molecule has 0 radical (unpaired) electrons. The molecule has 0 amide bonds. The molecule has 8 aromatic rings. The summed E-state index contributed by atoms with van der Waals surface area (Å²) in [5, 5.41) is 5.01. The van der Waals surface area contributed by atoms with Crippen LogP contribution in [0.2, 0.25) is 0 Å². The molecule has 0 saturated carbocycles. The van der Waals surface area contributed by atoms with Crippen molar-refractivity contribution in [2.75, 3.05) is 4.90 Å². The van der Waals surface area contributed by atoms with Crippen LogP contribution in [0.15, 0.2) is 140 Å². The van der Waals surface area contributed by atoms with E-state index in [1.54, 1.807) is 0 Å². The van der Waals surface area contributed by atoms with Gasteiger partial charge in [-0.1, -0.05) is 105 Å². The topological polar surface area (TPSA) is 21.1 Å². The minimum absolute atomic E-state index is 0.0938. The Bertz CT molecular complexity index is 2460. The van der Waals surface area contributed by atoms with Crippen LogP contribution in [0.1, 0.15) is 25.0 Å². The number of pyridine rings is 1. The predicted molar refractivity (Wildman–Crippen MR) is 187 cm³/mol. The molecule has 0 N–H and O–H groups in total. The number of aromatic nitrogens is 2. The molecule has 0 bridgehead atoms. The summed E-state index contributed by atoms with van der Waals surface area (Å²) in [5.41, 5.74) is 13.6. The van der Waals surface area contributed by atoms with Crippen LogP contribution in [0.5, 0.6) is 0 Å². The summed E-state index contributed by atoms with van der Waals surface area (Å²) in [4.78, 5) is 7.58. The lowest BCUT2D eigenvalue weighted by molar-refractivity contribution is 0.660. The van der Waals surface area contributed by atoms with E-state index in [-0.39, 0.29) is 5.41 Å². The highest BCUT2D eigenvalue weighted by Gasteiger charge is 2.38. The standard InChI is InChI=1S/C42H29N3/c1-42(2)34-17-6-3-13-28(34)32-23-33-31-16-9-11-26-12-10-20-38(41(26)31)45(39(33)24-35(32)42)40-22-21-27(25-43-40)44-36-18-7-4-14-29(36)30-15-5-8-19-37(30)44/h3-25H,1-2H3. The van der Waals surface area contributed by atoms with Gasteiger partial charge >= 0.3 is 0 Å². The summed E-state index contributed by atoms with van der Waals surface area (Å²) in [5.74, 6) is 0.913. The van der Waals surface area contributed by atoms with Gasteiger partial charge in [0.05, 0.1) is 34.3 Å². The van der Waals surface area contributed by atoms with Gasteiger partial charge in [0.15, 0.2) is 0 Å². The number of para-hydroxylation sites is 2. The second-order valence-electron chi connectivity index (χ2n) is 12.8. The van der Waals surface area contributed by atoms with Gasteiger partial charge in [0.1, 0.15) is 5.82 Å². The molecular weight excluding hydrogens is 546 g/mol. The molecular formula is C42H29N3. The van der Waals surface area contributed by atoms with E-state index < -0.39 is 0 Å². The zero-order valence-electron chi connectivity index (χ0n) is 25.1. The van der Waals surface area contributed by atoms with Gasteiger partial charge in [0.25, 0.3) is 0 Å². The Morgan fingerprint density at radius 2 is 1.22 bits per heavy atom. The van der Waals surface area contributed by atoms with Crippen molar-refractivity contribution in [2.45, 2.75) is 19.3 Å². The first-order valence-electron chi connectivity index (χ1n) is 15.6. The summed E-state index contributed by atoms with van der Waals surface area (Å²) < 4.78 is 2.33. The lowest BCUT2D eigenvalue weighted by Crippen LogP contribution is -2.19. The molecule has 10 rings (SSSR count). The van der Waals surface area contributed by atoms with Gasteiger partial charge in [-0.2, -0.15) is 0 Å². The normalized spacial score (nSPS) is 14.1. The van der Waals surface area contributed by atoms with E-state index in [9.17, 15) is 0 Å². The lowest BCUT2D eigenvalue weighted by Gasteiger charge is -2.34. The number of fused-ring (bicyclic) bond motifs is 8. The van der Waals surface area contributed by atoms with Gasteiger partial charge in [-0.05, 0) is 75.7 Å². The quantitative estimate of drug-likeness (QED) is 0.204. The van der Waals surface area contributed by atoms with Crippen LogP contribution in [0.3, 0.4) is 0 Å². The van der Waals surface area contributed by atoms with E-state index in [4.69, 9.17) is 4.98 Å². The Morgan fingerprint density at radius 1 is 0.533 bits per heavy atom. The molecule has 3 nitrogen and oxygen atoms in total. The van der Waals surface area contributed by atoms with Gasteiger partial charge in [-0.25, -0.2) is 4.98 Å². The Kier molecular flexibility index (Phi) is 4.79. The van der Waals surface area contributed by atoms with Crippen LogP contribution in [-0.2, 0) is 5.41 Å². The van der Waals surface area contributed by atoms with Crippen LogP contribution >= 0.6 is 0 Å². The molecule has 3 heteroatoms. The van der Waals surface area contributed by atoms with Crippen LogP contribution in [0, 0.1) is 0 Å². The molecule has 1 aliphatic heterocycles. The molecule has 45 heavy (non-hydrogen) atoms. The van der Waals surface area contributed by atoms with Crippen molar-refractivity contribution in [3.8, 4) is 27.9 Å². The zero-order valence-corrected chi connectivity index (χ0v) is 25.1. The van der Waals surface area contributed by atoms with Crippen LogP contribution in [0.25, 0.3) is 60.5 Å². The fourth-order valence-electron chi connectivity index (χ4n) is 8.09. The summed E-state index contributed by atoms with van der Waals surface area (Å²) in [7, 11) is 0. The van der Waals surface area contributed by atoms with Gasteiger partial charge in [-0.3, -0.25) is 4.90 Å². The Labute approximate surface area is 261 Å². The molecule has 0 saturated heterocycles. The Balaban J connectivity index is 1.21. The second kappa shape index (κ2) is 8.71. The summed E-state index contributed by atoms with van der Waals surface area (Å²) in [6.07, 6.45) is 2.03. The Morgan fingerprint density at radius 3 is 1.98 bits per heavy atom. The maximum absolute atomic E-state index is 5.21. The monoisotopic (exact) mass is 575 g/mol. The van der Waals surface area contributed by atoms with Crippen molar-refractivity contribution < 1.29 is 0 Å². The zero-order chi connectivity index (χ0) is 29.9. The molecule has 2 aromatic heterocycles. The first-order chi connectivity index (χ1) is 22.1. The highest BCUT2D eigenvalue weighted by Crippen LogP contribution is 2.56. The molecule has 3 heterocycles. The van der Waals surface area contributed by atoms with E-state index in [2.05, 4.69) is 157 Å². The smallest absolute Gasteiger partial charge is 0.137 e. The molecule has 6 aromatic carbocycles. The summed E-state index contributed by atoms with van der Waals surface area (Å²) in [6.45, 7) is 4.70. The molecule has 0 fully saturated rings. The number of anilines is 3. The first-order valence-corrected chi connectivity index (χ1v) is 15.6. The van der Waals surface area contributed by atoms with Crippen molar-refractivity contribution in [1.29, 1.82) is 0 Å². The number of nitrogens with zero attached hydrogens (tertiary/aromatic N) is 3. The van der Waals surface area contributed by atoms with E-state index in [0.29, 0.717) is 0 Å². The molecule has 212 valence electrons. The third kappa shape index (κ3) is 3.22. The summed E-state index contributed by atoms with van der Waals surface area (Å²) in [6, 6.07) is 48.7. The van der Waals surface area contributed by atoms with Gasteiger partial charge in [0.2, 0.25) is 0 Å². The average Bonchev–Trinajstić information content (AvgIpc) is 3.53. The first kappa shape index (κ1) is 24.7. The largest absolute Gasteiger partial charge is 0.308 e. The fraction of sp³-hybridized carbons (Fsp3) is 0.0714. The molecule has 1 aliphatic carbocycles. The fourth-order valence-corrected chi connectivity index (χ4v) is 8.09. The van der Waals surface area contributed by atoms with Gasteiger partial charge < -0.3 is 4.57 Å². The minimum atomic E-state index is -0.0938. The number of benzene rings is 6. The predicted octanol–water partition coefficient (Wildman–Crippen LogP) is 11.1. The molecule has 0 spiro atoms. The third-order valence-electron chi connectivity index (χ3n) is 10.2. The van der Waals surface area contributed by atoms with Crippen molar-refractivity contribution >= 4 is 49.8 Å². The van der Waals surface area contributed by atoms with E-state index in [0.717, 1.165) is 11.5 Å². The van der Waals surface area contributed by atoms with E-state index in [1.807, 2.05) is 6.20 Å². The Hall–Kier alpha value is -5.67. The molecule has 0 unspecified atom stereocenters. The van der Waals surface area contributed by atoms with Gasteiger partial charge in [-0.15, -0.1) is 0 Å². The highest BCUT2D eigenvalue weighted by atomic mass is 15.2. The lowest BCUT2D eigenvalue weighted by atomic mass is 9.81. The molecule has 0 atom stereocenters. The van der Waals surface area contributed by atoms with E-state index >= 15 is 0 Å². The minimum Gasteiger partial charge on any atom is -0.308 e. The third-order valence-corrected chi connectivity index (χ3v) is 10.2.